The smallest absolute Gasteiger partial charge is 0.313 e. The molecular weight excluding hydrogens is 252 g/mol. The minimum absolute atomic E-state index is 0.348. The Balaban J connectivity index is 3.38. The van der Waals surface area contributed by atoms with Gasteiger partial charge in [0, 0.05) is 12.8 Å². The monoisotopic (exact) mass is 284 g/mol. The summed E-state index contributed by atoms with van der Waals surface area (Å²) >= 11 is 0. The summed E-state index contributed by atoms with van der Waals surface area (Å²) in [5, 5.41) is 0. The number of ether oxygens (including phenoxy) is 1. The zero-order valence-corrected chi connectivity index (χ0v) is 13.4. The van der Waals surface area contributed by atoms with Gasteiger partial charge in [-0.2, -0.15) is 0 Å². The normalized spacial score (nSPS) is 10.5. The SMILES string of the molecule is CCCCCCCCC(=O)OC(=O)CCCCCCC. The van der Waals surface area contributed by atoms with Gasteiger partial charge in [0.15, 0.2) is 0 Å². The fraction of sp³-hybridized carbons (Fsp3) is 0.882. The standard InChI is InChI=1S/C17H32O3/c1-3-5-7-9-11-13-15-17(19)20-16(18)14-12-10-8-6-4-2/h3-15H2,1-2H3. The first-order chi connectivity index (χ1) is 9.70. The van der Waals surface area contributed by atoms with Crippen molar-refractivity contribution in [3.8, 4) is 0 Å². The number of carbonyl (C=O) groups is 2. The van der Waals surface area contributed by atoms with E-state index in [9.17, 15) is 9.59 Å². The van der Waals surface area contributed by atoms with Crippen LogP contribution in [0, 0.1) is 0 Å². The molecule has 0 atom stereocenters. The maximum Gasteiger partial charge on any atom is 0.313 e. The highest BCUT2D eigenvalue weighted by Gasteiger charge is 2.09. The summed E-state index contributed by atoms with van der Waals surface area (Å²) in [6, 6.07) is 0. The Labute approximate surface area is 124 Å². The number of rotatable bonds is 13. The molecule has 0 radical (unpaired) electrons. The molecule has 0 aliphatic rings. The molecule has 3 heteroatoms. The first-order valence-corrected chi connectivity index (χ1v) is 8.44. The number of carbonyl (C=O) groups excluding carboxylic acids is 2. The van der Waals surface area contributed by atoms with E-state index in [0.717, 1.165) is 32.1 Å². The van der Waals surface area contributed by atoms with Crippen molar-refractivity contribution in [3.05, 3.63) is 0 Å². The van der Waals surface area contributed by atoms with Crippen molar-refractivity contribution in [1.82, 2.24) is 0 Å². The Morgan fingerprint density at radius 1 is 0.600 bits per heavy atom. The van der Waals surface area contributed by atoms with Crippen LogP contribution in [0.2, 0.25) is 0 Å². The molecule has 0 aliphatic heterocycles. The second-order valence-corrected chi connectivity index (χ2v) is 5.53. The van der Waals surface area contributed by atoms with Crippen LogP contribution >= 0.6 is 0 Å². The van der Waals surface area contributed by atoms with E-state index in [1.807, 2.05) is 0 Å². The Morgan fingerprint density at radius 3 is 1.35 bits per heavy atom. The molecule has 20 heavy (non-hydrogen) atoms. The fourth-order valence-corrected chi connectivity index (χ4v) is 2.15. The predicted molar refractivity (Wildman–Crippen MR) is 82.5 cm³/mol. The molecule has 0 fully saturated rings. The van der Waals surface area contributed by atoms with Gasteiger partial charge in [0.25, 0.3) is 0 Å². The summed E-state index contributed by atoms with van der Waals surface area (Å²) in [6.45, 7) is 4.35. The summed E-state index contributed by atoms with van der Waals surface area (Å²) in [4.78, 5) is 22.9. The molecular formula is C17H32O3. The molecule has 0 heterocycles. The largest absolute Gasteiger partial charge is 0.393 e. The number of hydrogen-bond acceptors (Lipinski definition) is 3. The lowest BCUT2D eigenvalue weighted by Gasteiger charge is -2.03. The van der Waals surface area contributed by atoms with Crippen molar-refractivity contribution < 1.29 is 14.3 Å². The zero-order chi connectivity index (χ0) is 15.1. The van der Waals surface area contributed by atoms with Crippen LogP contribution in [0.3, 0.4) is 0 Å². The molecule has 0 saturated carbocycles. The minimum Gasteiger partial charge on any atom is -0.393 e. The van der Waals surface area contributed by atoms with Gasteiger partial charge < -0.3 is 4.74 Å². The van der Waals surface area contributed by atoms with Crippen LogP contribution in [-0.2, 0) is 14.3 Å². The van der Waals surface area contributed by atoms with Crippen molar-refractivity contribution in [2.24, 2.45) is 0 Å². The minimum atomic E-state index is -0.350. The van der Waals surface area contributed by atoms with E-state index in [1.54, 1.807) is 0 Å². The van der Waals surface area contributed by atoms with Crippen LogP contribution in [-0.4, -0.2) is 11.9 Å². The van der Waals surface area contributed by atoms with Gasteiger partial charge in [0.05, 0.1) is 0 Å². The van der Waals surface area contributed by atoms with Crippen LogP contribution in [0.4, 0.5) is 0 Å². The van der Waals surface area contributed by atoms with Crippen LogP contribution in [0.1, 0.15) is 97.3 Å². The Bertz CT molecular complexity index is 249. The van der Waals surface area contributed by atoms with E-state index in [-0.39, 0.29) is 11.9 Å². The molecule has 0 aromatic carbocycles. The molecule has 0 aromatic rings. The molecule has 0 bridgehead atoms. The Kier molecular flexibility index (Phi) is 13.9. The summed E-state index contributed by atoms with van der Waals surface area (Å²) in [5.41, 5.74) is 0. The first kappa shape index (κ1) is 19.1. The van der Waals surface area contributed by atoms with E-state index in [4.69, 9.17) is 4.74 Å². The van der Waals surface area contributed by atoms with Gasteiger partial charge in [0.2, 0.25) is 0 Å². The van der Waals surface area contributed by atoms with Crippen LogP contribution < -0.4 is 0 Å². The average Bonchev–Trinajstić information content (AvgIpc) is 2.42. The maximum atomic E-state index is 11.4. The lowest BCUT2D eigenvalue weighted by molar-refractivity contribution is -0.159. The molecule has 118 valence electrons. The molecule has 0 saturated heterocycles. The van der Waals surface area contributed by atoms with Crippen molar-refractivity contribution in [2.75, 3.05) is 0 Å². The van der Waals surface area contributed by atoms with Crippen molar-refractivity contribution >= 4 is 11.9 Å². The first-order valence-electron chi connectivity index (χ1n) is 8.44. The summed E-state index contributed by atoms with van der Waals surface area (Å²) < 4.78 is 4.81. The number of esters is 2. The topological polar surface area (TPSA) is 43.4 Å². The van der Waals surface area contributed by atoms with Gasteiger partial charge in [-0.1, -0.05) is 71.6 Å². The van der Waals surface area contributed by atoms with Crippen molar-refractivity contribution in [1.29, 1.82) is 0 Å². The molecule has 0 aromatic heterocycles. The lowest BCUT2D eigenvalue weighted by Crippen LogP contribution is -2.11. The van der Waals surface area contributed by atoms with E-state index in [1.165, 1.54) is 38.5 Å². The van der Waals surface area contributed by atoms with Gasteiger partial charge in [-0.25, -0.2) is 0 Å². The summed E-state index contributed by atoms with van der Waals surface area (Å²) in [5.74, 6) is -0.698. The van der Waals surface area contributed by atoms with Gasteiger partial charge in [-0.15, -0.1) is 0 Å². The highest BCUT2D eigenvalue weighted by Crippen LogP contribution is 2.09. The highest BCUT2D eigenvalue weighted by molar-refractivity contribution is 5.85. The van der Waals surface area contributed by atoms with Crippen molar-refractivity contribution in [3.63, 3.8) is 0 Å². The molecule has 0 amide bonds. The Morgan fingerprint density at radius 2 is 0.950 bits per heavy atom. The van der Waals surface area contributed by atoms with Crippen LogP contribution in [0.25, 0.3) is 0 Å². The van der Waals surface area contributed by atoms with Gasteiger partial charge >= 0.3 is 11.9 Å². The molecule has 0 rings (SSSR count). The number of hydrogen-bond donors (Lipinski definition) is 0. The van der Waals surface area contributed by atoms with Crippen LogP contribution in [0.15, 0.2) is 0 Å². The predicted octanol–water partition coefficient (Wildman–Crippen LogP) is 5.17. The van der Waals surface area contributed by atoms with Gasteiger partial charge in [-0.05, 0) is 12.8 Å². The molecule has 0 spiro atoms. The third-order valence-electron chi connectivity index (χ3n) is 3.45. The second kappa shape index (κ2) is 14.5. The van der Waals surface area contributed by atoms with E-state index in [0.29, 0.717) is 12.8 Å². The van der Waals surface area contributed by atoms with Crippen LogP contribution in [0.5, 0.6) is 0 Å². The summed E-state index contributed by atoms with van der Waals surface area (Å²) in [7, 11) is 0. The average molecular weight is 284 g/mol. The molecule has 0 N–H and O–H groups in total. The molecule has 0 unspecified atom stereocenters. The van der Waals surface area contributed by atoms with Gasteiger partial charge in [-0.3, -0.25) is 9.59 Å². The number of unbranched alkanes of at least 4 members (excludes halogenated alkanes) is 9. The Hall–Kier alpha value is -0.860. The second-order valence-electron chi connectivity index (χ2n) is 5.53. The van der Waals surface area contributed by atoms with E-state index in [2.05, 4.69) is 13.8 Å². The lowest BCUT2D eigenvalue weighted by atomic mass is 10.1. The van der Waals surface area contributed by atoms with E-state index < -0.39 is 0 Å². The third kappa shape index (κ3) is 13.6. The van der Waals surface area contributed by atoms with E-state index >= 15 is 0 Å². The zero-order valence-electron chi connectivity index (χ0n) is 13.4. The third-order valence-corrected chi connectivity index (χ3v) is 3.45. The van der Waals surface area contributed by atoms with Gasteiger partial charge in [0.1, 0.15) is 0 Å². The highest BCUT2D eigenvalue weighted by atomic mass is 16.6. The van der Waals surface area contributed by atoms with Crippen molar-refractivity contribution in [2.45, 2.75) is 97.3 Å². The molecule has 3 nitrogen and oxygen atoms in total. The quantitative estimate of drug-likeness (QED) is 0.266. The fourth-order valence-electron chi connectivity index (χ4n) is 2.15. The maximum absolute atomic E-state index is 11.4. The summed E-state index contributed by atoms with van der Waals surface area (Å²) in [6.07, 6.45) is 13.0. The molecule has 0 aliphatic carbocycles.